The first-order valence-corrected chi connectivity index (χ1v) is 7.32. The molecule has 2 aromatic rings. The largest absolute Gasteiger partial charge is 0.418 e. The molecule has 7 nitrogen and oxygen atoms in total. The molecule has 0 aliphatic heterocycles. The maximum atomic E-state index is 11.9. The third-order valence-electron chi connectivity index (χ3n) is 3.03. The first kappa shape index (κ1) is 17.2. The average molecular weight is 326 g/mol. The molecular formula is C17H18N4O3. The second kappa shape index (κ2) is 8.50. The normalized spacial score (nSPS) is 11.2. The summed E-state index contributed by atoms with van der Waals surface area (Å²) in [5.41, 5.74) is 0.937. The number of hydrogen-bond acceptors (Lipinski definition) is 6. The van der Waals surface area contributed by atoms with Crippen LogP contribution < -0.4 is 15.4 Å². The maximum absolute atomic E-state index is 11.9. The number of methoxy groups -OCH3 is 1. The molecule has 0 radical (unpaired) electrons. The lowest BCUT2D eigenvalue weighted by atomic mass is 10.2. The number of carbonyl (C=O) groups is 1. The summed E-state index contributed by atoms with van der Waals surface area (Å²) in [5, 5.41) is 14.8. The molecule has 1 aromatic carbocycles. The number of benzene rings is 1. The average Bonchev–Trinajstić information content (AvgIpc) is 2.56. The summed E-state index contributed by atoms with van der Waals surface area (Å²) in [4.78, 5) is 15.9. The number of carbonyl (C=O) groups excluding carboxylic acids is 1. The van der Waals surface area contributed by atoms with Crippen molar-refractivity contribution < 1.29 is 14.3 Å². The summed E-state index contributed by atoms with van der Waals surface area (Å²) < 4.78 is 10.2. The number of rotatable bonds is 6. The van der Waals surface area contributed by atoms with Gasteiger partial charge < -0.3 is 14.8 Å². The van der Waals surface area contributed by atoms with Crippen LogP contribution in [0, 0.1) is 11.3 Å². The molecule has 1 heterocycles. The van der Waals surface area contributed by atoms with Crippen molar-refractivity contribution in [2.24, 2.45) is 0 Å². The van der Waals surface area contributed by atoms with Gasteiger partial charge in [0.1, 0.15) is 17.6 Å². The lowest BCUT2D eigenvalue weighted by Gasteiger charge is -2.16. The van der Waals surface area contributed by atoms with Gasteiger partial charge in [0.05, 0.1) is 17.9 Å². The van der Waals surface area contributed by atoms with Crippen molar-refractivity contribution in [2.45, 2.75) is 13.0 Å². The Morgan fingerprint density at radius 1 is 1.38 bits per heavy atom. The summed E-state index contributed by atoms with van der Waals surface area (Å²) >= 11 is 0. The van der Waals surface area contributed by atoms with Crippen LogP contribution in [0.3, 0.4) is 0 Å². The number of nitrogens with zero attached hydrogens (tertiary/aromatic N) is 2. The minimum Gasteiger partial charge on any atom is -0.410 e. The fourth-order valence-electron chi connectivity index (χ4n) is 2.02. The Morgan fingerprint density at radius 2 is 2.12 bits per heavy atom. The third-order valence-corrected chi connectivity index (χ3v) is 3.03. The Bertz CT molecular complexity index is 728. The van der Waals surface area contributed by atoms with Crippen LogP contribution in [0.4, 0.5) is 16.3 Å². The predicted octanol–water partition coefficient (Wildman–Crippen LogP) is 3.01. The molecular weight excluding hydrogens is 308 g/mol. The van der Waals surface area contributed by atoms with Gasteiger partial charge in [0.2, 0.25) is 0 Å². The maximum Gasteiger partial charge on any atom is 0.418 e. The fraction of sp³-hybridized carbons (Fsp3) is 0.235. The van der Waals surface area contributed by atoms with E-state index in [4.69, 9.17) is 14.7 Å². The second-order valence-electron chi connectivity index (χ2n) is 5.06. The van der Waals surface area contributed by atoms with Crippen LogP contribution in [-0.2, 0) is 4.74 Å². The Labute approximate surface area is 140 Å². The highest BCUT2D eigenvalue weighted by Gasteiger charge is 2.11. The van der Waals surface area contributed by atoms with E-state index in [1.807, 2.05) is 13.0 Å². The fourth-order valence-corrected chi connectivity index (χ4v) is 2.02. The van der Waals surface area contributed by atoms with E-state index in [1.165, 1.54) is 6.20 Å². The molecule has 1 atom stereocenters. The first-order valence-electron chi connectivity index (χ1n) is 7.32. The molecule has 2 rings (SSSR count). The molecule has 2 N–H and O–H groups in total. The molecule has 0 saturated carbocycles. The number of pyridine rings is 1. The van der Waals surface area contributed by atoms with Gasteiger partial charge in [-0.05, 0) is 19.1 Å². The zero-order valence-electron chi connectivity index (χ0n) is 13.4. The summed E-state index contributed by atoms with van der Waals surface area (Å²) in [6, 6.07) is 12.3. The second-order valence-corrected chi connectivity index (χ2v) is 5.06. The van der Waals surface area contributed by atoms with Crippen molar-refractivity contribution >= 4 is 17.6 Å². The van der Waals surface area contributed by atoms with E-state index in [0.717, 1.165) is 0 Å². The van der Waals surface area contributed by atoms with Gasteiger partial charge in [-0.25, -0.2) is 9.78 Å². The first-order chi connectivity index (χ1) is 11.6. The number of hydrogen-bond donors (Lipinski definition) is 2. The van der Waals surface area contributed by atoms with Crippen molar-refractivity contribution in [1.29, 1.82) is 5.26 Å². The Morgan fingerprint density at radius 3 is 2.79 bits per heavy atom. The van der Waals surface area contributed by atoms with Gasteiger partial charge in [-0.15, -0.1) is 0 Å². The molecule has 0 saturated heterocycles. The van der Waals surface area contributed by atoms with E-state index in [1.54, 1.807) is 37.4 Å². The quantitative estimate of drug-likeness (QED) is 0.847. The minimum absolute atomic E-state index is 0.00591. The summed E-state index contributed by atoms with van der Waals surface area (Å²) in [5.74, 6) is 0.706. The van der Waals surface area contributed by atoms with Crippen LogP contribution in [0.15, 0.2) is 42.6 Å². The monoisotopic (exact) mass is 326 g/mol. The Kier molecular flexibility index (Phi) is 6.11. The van der Waals surface area contributed by atoms with E-state index in [2.05, 4.69) is 21.7 Å². The highest BCUT2D eigenvalue weighted by molar-refractivity contribution is 5.86. The molecule has 0 bridgehead atoms. The molecule has 0 fully saturated rings. The molecule has 24 heavy (non-hydrogen) atoms. The Hall–Kier alpha value is -3.11. The lowest BCUT2D eigenvalue weighted by molar-refractivity contribution is 0.190. The third kappa shape index (κ3) is 4.97. The van der Waals surface area contributed by atoms with Gasteiger partial charge in [0.25, 0.3) is 0 Å². The molecule has 1 amide bonds. The van der Waals surface area contributed by atoms with Gasteiger partial charge in [-0.2, -0.15) is 5.26 Å². The summed E-state index contributed by atoms with van der Waals surface area (Å²) in [6.45, 7) is 2.40. The number of aromatic nitrogens is 1. The smallest absolute Gasteiger partial charge is 0.410 e. The van der Waals surface area contributed by atoms with Crippen LogP contribution in [0.5, 0.6) is 5.75 Å². The van der Waals surface area contributed by atoms with E-state index in [0.29, 0.717) is 23.6 Å². The lowest BCUT2D eigenvalue weighted by Crippen LogP contribution is -2.22. The van der Waals surface area contributed by atoms with Crippen molar-refractivity contribution in [3.63, 3.8) is 0 Å². The zero-order valence-corrected chi connectivity index (χ0v) is 13.4. The molecule has 0 spiro atoms. The van der Waals surface area contributed by atoms with E-state index >= 15 is 0 Å². The molecule has 1 aromatic heterocycles. The number of amides is 1. The number of para-hydroxylation sites is 1. The highest BCUT2D eigenvalue weighted by Crippen LogP contribution is 2.19. The summed E-state index contributed by atoms with van der Waals surface area (Å²) in [6.07, 6.45) is 0.731. The predicted molar refractivity (Wildman–Crippen MR) is 90.0 cm³/mol. The van der Waals surface area contributed by atoms with Crippen molar-refractivity contribution in [3.05, 3.63) is 48.2 Å². The summed E-state index contributed by atoms with van der Waals surface area (Å²) in [7, 11) is 1.60. The van der Waals surface area contributed by atoms with Crippen LogP contribution in [0.2, 0.25) is 0 Å². The standard InChI is InChI=1S/C17H18N4O3/c1-12(11-23-2)20-15-8-16(19-10-13(15)9-18)21-17(22)24-14-6-4-3-5-7-14/h3-8,10,12H,11H2,1-2H3,(H2,19,20,21,22)/t12-/m1/s1. The van der Waals surface area contributed by atoms with Gasteiger partial charge in [-0.3, -0.25) is 5.32 Å². The molecule has 7 heteroatoms. The van der Waals surface area contributed by atoms with Crippen LogP contribution in [0.1, 0.15) is 12.5 Å². The van der Waals surface area contributed by atoms with Crippen LogP contribution in [0.25, 0.3) is 0 Å². The number of anilines is 2. The van der Waals surface area contributed by atoms with Crippen LogP contribution in [-0.4, -0.2) is 30.8 Å². The molecule has 124 valence electrons. The number of nitriles is 1. The SMILES string of the molecule is COC[C@@H](C)Nc1cc(NC(=O)Oc2ccccc2)ncc1C#N. The number of ether oxygens (including phenoxy) is 2. The molecule has 0 unspecified atom stereocenters. The highest BCUT2D eigenvalue weighted by atomic mass is 16.6. The van der Waals surface area contributed by atoms with Gasteiger partial charge >= 0.3 is 6.09 Å². The minimum atomic E-state index is -0.658. The van der Waals surface area contributed by atoms with Gasteiger partial charge in [0.15, 0.2) is 0 Å². The number of nitrogens with one attached hydrogen (secondary N) is 2. The van der Waals surface area contributed by atoms with Crippen molar-refractivity contribution in [1.82, 2.24) is 4.98 Å². The van der Waals surface area contributed by atoms with Crippen LogP contribution >= 0.6 is 0 Å². The van der Waals surface area contributed by atoms with E-state index < -0.39 is 6.09 Å². The van der Waals surface area contributed by atoms with E-state index in [9.17, 15) is 4.79 Å². The van der Waals surface area contributed by atoms with Crippen molar-refractivity contribution in [2.75, 3.05) is 24.4 Å². The van der Waals surface area contributed by atoms with Gasteiger partial charge in [0, 0.05) is 25.4 Å². The molecule has 0 aliphatic carbocycles. The van der Waals surface area contributed by atoms with Gasteiger partial charge in [-0.1, -0.05) is 18.2 Å². The topological polar surface area (TPSA) is 96.3 Å². The van der Waals surface area contributed by atoms with Crippen molar-refractivity contribution in [3.8, 4) is 11.8 Å². The Balaban J connectivity index is 2.07. The van der Waals surface area contributed by atoms with E-state index in [-0.39, 0.29) is 11.9 Å². The molecule has 0 aliphatic rings. The zero-order chi connectivity index (χ0) is 17.4.